The van der Waals surface area contributed by atoms with E-state index in [0.29, 0.717) is 12.5 Å². The first-order chi connectivity index (χ1) is 8.74. The summed E-state index contributed by atoms with van der Waals surface area (Å²) in [5.41, 5.74) is 1.94. The predicted molar refractivity (Wildman–Crippen MR) is 71.7 cm³/mol. The van der Waals surface area contributed by atoms with Crippen LogP contribution in [0, 0.1) is 12.8 Å². The number of rotatable bonds is 3. The quantitative estimate of drug-likeness (QED) is 0.864. The fourth-order valence-electron chi connectivity index (χ4n) is 2.05. The summed E-state index contributed by atoms with van der Waals surface area (Å²) in [5.74, 6) is 0.447. The average Bonchev–Trinajstić information content (AvgIpc) is 2.40. The van der Waals surface area contributed by atoms with Crippen LogP contribution in [0.4, 0.5) is 10.5 Å². The first kappa shape index (κ1) is 12.9. The minimum absolute atomic E-state index is 0.371. The van der Waals surface area contributed by atoms with E-state index >= 15 is 0 Å². The van der Waals surface area contributed by atoms with Crippen molar-refractivity contribution in [2.24, 2.45) is 5.92 Å². The molecule has 0 bridgehead atoms. The summed E-state index contributed by atoms with van der Waals surface area (Å²) in [6.45, 7) is 4.52. The lowest BCUT2D eigenvalue weighted by molar-refractivity contribution is 0.132. The Morgan fingerprint density at radius 2 is 2.22 bits per heavy atom. The van der Waals surface area contributed by atoms with Gasteiger partial charge in [0.15, 0.2) is 0 Å². The molecule has 1 aromatic rings. The number of carbonyl (C=O) groups is 1. The van der Waals surface area contributed by atoms with Gasteiger partial charge < -0.3 is 10.1 Å². The summed E-state index contributed by atoms with van der Waals surface area (Å²) in [7, 11) is 0. The molecule has 1 unspecified atom stereocenters. The second-order valence-electron chi connectivity index (χ2n) is 4.80. The van der Waals surface area contributed by atoms with Crippen LogP contribution in [0.25, 0.3) is 0 Å². The van der Waals surface area contributed by atoms with Crippen LogP contribution in [-0.4, -0.2) is 25.8 Å². The summed E-state index contributed by atoms with van der Waals surface area (Å²) in [6, 6.07) is 7.67. The number of hydrogen-bond acceptors (Lipinski definition) is 3. The van der Waals surface area contributed by atoms with Crippen LogP contribution >= 0.6 is 0 Å². The van der Waals surface area contributed by atoms with E-state index in [-0.39, 0.29) is 6.09 Å². The van der Waals surface area contributed by atoms with Gasteiger partial charge in [0.2, 0.25) is 0 Å². The van der Waals surface area contributed by atoms with Crippen molar-refractivity contribution in [1.82, 2.24) is 5.32 Å². The van der Waals surface area contributed by atoms with Crippen molar-refractivity contribution >= 4 is 11.8 Å². The molecule has 18 heavy (non-hydrogen) atoms. The molecule has 1 aliphatic heterocycles. The molecule has 0 radical (unpaired) electrons. The molecule has 0 spiro atoms. The van der Waals surface area contributed by atoms with Crippen molar-refractivity contribution in [2.45, 2.75) is 19.8 Å². The van der Waals surface area contributed by atoms with Gasteiger partial charge in [-0.15, -0.1) is 0 Å². The molecule has 1 aromatic carbocycles. The molecule has 1 fully saturated rings. The van der Waals surface area contributed by atoms with Gasteiger partial charge in [-0.2, -0.15) is 0 Å². The Kier molecular flexibility index (Phi) is 4.59. The third-order valence-corrected chi connectivity index (χ3v) is 3.15. The van der Waals surface area contributed by atoms with Gasteiger partial charge in [0.25, 0.3) is 0 Å². The lowest BCUT2D eigenvalue weighted by atomic mass is 10.0. The molecule has 4 nitrogen and oxygen atoms in total. The number of nitrogens with one attached hydrogen (secondary N) is 2. The van der Waals surface area contributed by atoms with Gasteiger partial charge in [-0.05, 0) is 38.4 Å². The van der Waals surface area contributed by atoms with E-state index < -0.39 is 0 Å². The Morgan fingerprint density at radius 3 is 2.89 bits per heavy atom. The second-order valence-corrected chi connectivity index (χ2v) is 4.80. The van der Waals surface area contributed by atoms with E-state index in [4.69, 9.17) is 4.74 Å². The average molecular weight is 248 g/mol. The van der Waals surface area contributed by atoms with E-state index in [1.54, 1.807) is 0 Å². The van der Waals surface area contributed by atoms with Gasteiger partial charge in [0.1, 0.15) is 0 Å². The summed E-state index contributed by atoms with van der Waals surface area (Å²) in [4.78, 5) is 11.6. The number of carbonyl (C=O) groups excluding carboxylic acids is 1. The molecule has 2 N–H and O–H groups in total. The van der Waals surface area contributed by atoms with Crippen LogP contribution < -0.4 is 10.6 Å². The van der Waals surface area contributed by atoms with Gasteiger partial charge >= 0.3 is 6.09 Å². The topological polar surface area (TPSA) is 50.4 Å². The fourth-order valence-corrected chi connectivity index (χ4v) is 2.05. The summed E-state index contributed by atoms with van der Waals surface area (Å²) in [6.07, 6.45) is 1.92. The first-order valence-electron chi connectivity index (χ1n) is 6.45. The minimum Gasteiger partial charge on any atom is -0.449 e. The number of amides is 1. The Balaban J connectivity index is 1.73. The van der Waals surface area contributed by atoms with Gasteiger partial charge in [-0.3, -0.25) is 5.32 Å². The molecule has 0 aromatic heterocycles. The zero-order valence-corrected chi connectivity index (χ0v) is 10.7. The molecule has 1 aliphatic rings. The highest BCUT2D eigenvalue weighted by Gasteiger charge is 2.15. The minimum atomic E-state index is -0.371. The van der Waals surface area contributed by atoms with Gasteiger partial charge in [-0.1, -0.05) is 17.7 Å². The third kappa shape index (κ3) is 4.04. The lowest BCUT2D eigenvalue weighted by Crippen LogP contribution is -2.33. The summed E-state index contributed by atoms with van der Waals surface area (Å²) < 4.78 is 5.23. The normalized spacial score (nSPS) is 19.3. The summed E-state index contributed by atoms with van der Waals surface area (Å²) >= 11 is 0. The van der Waals surface area contributed by atoms with E-state index in [0.717, 1.165) is 31.6 Å². The Bertz CT molecular complexity index is 383. The molecule has 1 heterocycles. The SMILES string of the molecule is Cc1ccc(NC(=O)OCC2CCCNC2)cc1. The first-order valence-corrected chi connectivity index (χ1v) is 6.45. The highest BCUT2D eigenvalue weighted by Crippen LogP contribution is 2.12. The maximum Gasteiger partial charge on any atom is 0.411 e. The third-order valence-electron chi connectivity index (χ3n) is 3.15. The van der Waals surface area contributed by atoms with Crippen LogP contribution in [0.15, 0.2) is 24.3 Å². The van der Waals surface area contributed by atoms with Crippen molar-refractivity contribution in [3.05, 3.63) is 29.8 Å². The molecular formula is C14H20N2O2. The molecule has 1 amide bonds. The number of aryl methyl sites for hydroxylation is 1. The van der Waals surface area contributed by atoms with E-state index in [1.807, 2.05) is 31.2 Å². The molecule has 0 saturated carbocycles. The highest BCUT2D eigenvalue weighted by atomic mass is 16.5. The van der Waals surface area contributed by atoms with Gasteiger partial charge in [0.05, 0.1) is 6.61 Å². The largest absolute Gasteiger partial charge is 0.449 e. The van der Waals surface area contributed by atoms with Crippen molar-refractivity contribution in [3.8, 4) is 0 Å². The highest BCUT2D eigenvalue weighted by molar-refractivity contribution is 5.84. The van der Waals surface area contributed by atoms with Crippen LogP contribution in [0.5, 0.6) is 0 Å². The molecule has 98 valence electrons. The van der Waals surface area contributed by atoms with Crippen molar-refractivity contribution < 1.29 is 9.53 Å². The van der Waals surface area contributed by atoms with Crippen molar-refractivity contribution in [2.75, 3.05) is 25.0 Å². The Morgan fingerprint density at radius 1 is 1.44 bits per heavy atom. The number of benzene rings is 1. The van der Waals surface area contributed by atoms with E-state index in [1.165, 1.54) is 5.56 Å². The maximum atomic E-state index is 11.6. The molecular weight excluding hydrogens is 228 g/mol. The molecule has 4 heteroatoms. The number of hydrogen-bond donors (Lipinski definition) is 2. The van der Waals surface area contributed by atoms with Crippen LogP contribution in [0.2, 0.25) is 0 Å². The molecule has 0 aliphatic carbocycles. The van der Waals surface area contributed by atoms with Crippen LogP contribution in [0.1, 0.15) is 18.4 Å². The maximum absolute atomic E-state index is 11.6. The number of anilines is 1. The van der Waals surface area contributed by atoms with Crippen molar-refractivity contribution in [1.29, 1.82) is 0 Å². The van der Waals surface area contributed by atoms with E-state index in [9.17, 15) is 4.79 Å². The zero-order valence-electron chi connectivity index (χ0n) is 10.7. The van der Waals surface area contributed by atoms with Crippen molar-refractivity contribution in [3.63, 3.8) is 0 Å². The van der Waals surface area contributed by atoms with Gasteiger partial charge in [0, 0.05) is 18.2 Å². The molecule has 1 saturated heterocycles. The van der Waals surface area contributed by atoms with Crippen LogP contribution in [-0.2, 0) is 4.74 Å². The predicted octanol–water partition coefficient (Wildman–Crippen LogP) is 2.54. The number of piperidine rings is 1. The summed E-state index contributed by atoms with van der Waals surface area (Å²) in [5, 5.41) is 6.03. The zero-order chi connectivity index (χ0) is 12.8. The van der Waals surface area contributed by atoms with E-state index in [2.05, 4.69) is 10.6 Å². The monoisotopic (exact) mass is 248 g/mol. The fraction of sp³-hybridized carbons (Fsp3) is 0.500. The van der Waals surface area contributed by atoms with Gasteiger partial charge in [-0.25, -0.2) is 4.79 Å². The van der Waals surface area contributed by atoms with Crippen LogP contribution in [0.3, 0.4) is 0 Å². The second kappa shape index (κ2) is 6.40. The Labute approximate surface area is 108 Å². The molecule has 2 rings (SSSR count). The molecule has 1 atom stereocenters. The standard InChI is InChI=1S/C14H20N2O2/c1-11-4-6-13(7-5-11)16-14(17)18-10-12-3-2-8-15-9-12/h4-7,12,15H,2-3,8-10H2,1H3,(H,16,17). The number of ether oxygens (including phenoxy) is 1. The lowest BCUT2D eigenvalue weighted by Gasteiger charge is -2.22. The smallest absolute Gasteiger partial charge is 0.411 e. The Hall–Kier alpha value is -1.55.